The van der Waals surface area contributed by atoms with Gasteiger partial charge in [0.15, 0.2) is 0 Å². The summed E-state index contributed by atoms with van der Waals surface area (Å²) in [5.74, 6) is 0.538. The molecule has 0 amide bonds. The molecule has 0 bridgehead atoms. The Labute approximate surface area is 94.1 Å². The van der Waals surface area contributed by atoms with Crippen molar-refractivity contribution in [3.05, 3.63) is 24.3 Å². The molecule has 5 heteroatoms. The number of anilines is 1. The summed E-state index contributed by atoms with van der Waals surface area (Å²) in [5.41, 5.74) is 7.24. The van der Waals surface area contributed by atoms with E-state index >= 15 is 0 Å². The number of para-hydroxylation sites is 1. The van der Waals surface area contributed by atoms with Crippen LogP contribution >= 0.6 is 0 Å². The van der Waals surface area contributed by atoms with Gasteiger partial charge in [0, 0.05) is 12.6 Å². The summed E-state index contributed by atoms with van der Waals surface area (Å²) in [6.07, 6.45) is 0.937. The molecule has 0 radical (unpaired) electrons. The molecule has 1 aromatic heterocycles. The van der Waals surface area contributed by atoms with Crippen LogP contribution in [0.5, 0.6) is 0 Å². The summed E-state index contributed by atoms with van der Waals surface area (Å²) in [6.45, 7) is 2.63. The van der Waals surface area contributed by atoms with Crippen molar-refractivity contribution in [3.8, 4) is 0 Å². The topological polar surface area (TPSA) is 76.7 Å². The molecule has 3 N–H and O–H groups in total. The third kappa shape index (κ3) is 2.25. The molecule has 1 atom stereocenters. The van der Waals surface area contributed by atoms with Crippen molar-refractivity contribution in [3.63, 3.8) is 0 Å². The first kappa shape index (κ1) is 10.8. The van der Waals surface area contributed by atoms with Gasteiger partial charge in [-0.1, -0.05) is 19.1 Å². The Bertz CT molecular complexity index is 467. The summed E-state index contributed by atoms with van der Waals surface area (Å²) >= 11 is 0. The van der Waals surface area contributed by atoms with E-state index in [1.54, 1.807) is 0 Å². The number of aromatic nitrogens is 3. The maximum absolute atomic E-state index is 5.61. The fourth-order valence-electron chi connectivity index (χ4n) is 1.45. The first-order valence-electron chi connectivity index (χ1n) is 5.39. The van der Waals surface area contributed by atoms with E-state index in [0.717, 1.165) is 17.5 Å². The third-order valence-electron chi connectivity index (χ3n) is 2.47. The zero-order valence-electron chi connectivity index (χ0n) is 9.22. The van der Waals surface area contributed by atoms with Gasteiger partial charge in [0.25, 0.3) is 0 Å². The van der Waals surface area contributed by atoms with Gasteiger partial charge in [-0.2, -0.15) is 0 Å². The summed E-state index contributed by atoms with van der Waals surface area (Å²) in [7, 11) is 0. The predicted molar refractivity (Wildman–Crippen MR) is 64.1 cm³/mol. The molecule has 0 fully saturated rings. The van der Waals surface area contributed by atoms with Crippen LogP contribution in [0.1, 0.15) is 13.3 Å². The molecular weight excluding hydrogens is 202 g/mol. The summed E-state index contributed by atoms with van der Waals surface area (Å²) in [4.78, 5) is 4.37. The van der Waals surface area contributed by atoms with Crippen LogP contribution < -0.4 is 11.1 Å². The molecule has 16 heavy (non-hydrogen) atoms. The monoisotopic (exact) mass is 217 g/mol. The highest BCUT2D eigenvalue weighted by Gasteiger charge is 2.06. The third-order valence-corrected chi connectivity index (χ3v) is 2.47. The highest BCUT2D eigenvalue weighted by Crippen LogP contribution is 2.09. The lowest BCUT2D eigenvalue weighted by Gasteiger charge is -2.13. The van der Waals surface area contributed by atoms with Crippen LogP contribution in [0.4, 0.5) is 5.95 Å². The molecular formula is C11H15N5. The van der Waals surface area contributed by atoms with Gasteiger partial charge in [-0.05, 0) is 18.6 Å². The number of hydrogen-bond donors (Lipinski definition) is 2. The van der Waals surface area contributed by atoms with Crippen LogP contribution in [0.3, 0.4) is 0 Å². The van der Waals surface area contributed by atoms with Crippen molar-refractivity contribution >= 4 is 17.0 Å². The number of hydrogen-bond acceptors (Lipinski definition) is 5. The second kappa shape index (κ2) is 4.85. The van der Waals surface area contributed by atoms with Gasteiger partial charge in [0.2, 0.25) is 5.95 Å². The van der Waals surface area contributed by atoms with Crippen LogP contribution in [-0.2, 0) is 0 Å². The molecule has 0 spiro atoms. The summed E-state index contributed by atoms with van der Waals surface area (Å²) in [5, 5.41) is 11.3. The van der Waals surface area contributed by atoms with Crippen LogP contribution in [-0.4, -0.2) is 27.8 Å². The van der Waals surface area contributed by atoms with Crippen molar-refractivity contribution < 1.29 is 0 Å². The molecule has 84 valence electrons. The second-order valence-electron chi connectivity index (χ2n) is 3.61. The van der Waals surface area contributed by atoms with Gasteiger partial charge in [0.1, 0.15) is 5.52 Å². The van der Waals surface area contributed by atoms with Crippen molar-refractivity contribution in [2.75, 3.05) is 11.9 Å². The molecule has 2 rings (SSSR count). The molecule has 0 saturated carbocycles. The van der Waals surface area contributed by atoms with Gasteiger partial charge in [0.05, 0.1) is 5.52 Å². The number of benzene rings is 1. The van der Waals surface area contributed by atoms with Crippen LogP contribution in [0.25, 0.3) is 11.0 Å². The zero-order valence-corrected chi connectivity index (χ0v) is 9.22. The Morgan fingerprint density at radius 3 is 2.69 bits per heavy atom. The molecule has 0 aliphatic rings. The minimum Gasteiger partial charge on any atom is -0.349 e. The fourth-order valence-corrected chi connectivity index (χ4v) is 1.45. The molecule has 5 nitrogen and oxygen atoms in total. The van der Waals surface area contributed by atoms with E-state index in [2.05, 4.69) is 27.4 Å². The molecule has 2 aromatic rings. The normalized spacial score (nSPS) is 12.6. The Morgan fingerprint density at radius 2 is 2.00 bits per heavy atom. The Hall–Kier alpha value is -1.75. The maximum atomic E-state index is 5.61. The van der Waals surface area contributed by atoms with Crippen molar-refractivity contribution in [2.24, 2.45) is 5.73 Å². The Kier molecular flexibility index (Phi) is 3.26. The van der Waals surface area contributed by atoms with Gasteiger partial charge in [-0.15, -0.1) is 10.2 Å². The highest BCUT2D eigenvalue weighted by molar-refractivity contribution is 5.74. The lowest BCUT2D eigenvalue weighted by molar-refractivity contribution is 0.693. The van der Waals surface area contributed by atoms with E-state index in [1.807, 2.05) is 24.3 Å². The van der Waals surface area contributed by atoms with Gasteiger partial charge >= 0.3 is 0 Å². The number of nitrogens with one attached hydrogen (secondary N) is 1. The molecule has 0 aliphatic carbocycles. The molecule has 0 saturated heterocycles. The maximum Gasteiger partial charge on any atom is 0.243 e. The molecule has 1 unspecified atom stereocenters. The molecule has 0 aliphatic heterocycles. The first-order chi connectivity index (χ1) is 7.83. The predicted octanol–water partition coefficient (Wildman–Crippen LogP) is 1.17. The average Bonchev–Trinajstić information content (AvgIpc) is 2.35. The number of nitrogens with zero attached hydrogens (tertiary/aromatic N) is 3. The largest absolute Gasteiger partial charge is 0.349 e. The van der Waals surface area contributed by atoms with Gasteiger partial charge < -0.3 is 11.1 Å². The number of rotatable bonds is 4. The van der Waals surface area contributed by atoms with Gasteiger partial charge in [-0.25, -0.2) is 4.98 Å². The highest BCUT2D eigenvalue weighted by atomic mass is 15.2. The lowest BCUT2D eigenvalue weighted by Crippen LogP contribution is -2.28. The average molecular weight is 217 g/mol. The minimum absolute atomic E-state index is 0.197. The van der Waals surface area contributed by atoms with Crippen LogP contribution in [0.15, 0.2) is 24.3 Å². The van der Waals surface area contributed by atoms with Crippen LogP contribution in [0.2, 0.25) is 0 Å². The second-order valence-corrected chi connectivity index (χ2v) is 3.61. The van der Waals surface area contributed by atoms with E-state index in [1.165, 1.54) is 0 Å². The Balaban J connectivity index is 2.25. The zero-order chi connectivity index (χ0) is 11.4. The van der Waals surface area contributed by atoms with Crippen molar-refractivity contribution in [2.45, 2.75) is 19.4 Å². The van der Waals surface area contributed by atoms with E-state index in [-0.39, 0.29) is 6.04 Å². The smallest absolute Gasteiger partial charge is 0.243 e. The number of fused-ring (bicyclic) bond motifs is 1. The quantitative estimate of drug-likeness (QED) is 0.804. The summed E-state index contributed by atoms with van der Waals surface area (Å²) in [6, 6.07) is 7.85. The van der Waals surface area contributed by atoms with E-state index < -0.39 is 0 Å². The number of nitrogens with two attached hydrogens (primary N) is 1. The van der Waals surface area contributed by atoms with E-state index in [0.29, 0.717) is 12.5 Å². The van der Waals surface area contributed by atoms with E-state index in [9.17, 15) is 0 Å². The standard InChI is InChI=1S/C11H15N5/c1-2-8(7-12)13-11-14-9-5-3-4-6-10(9)15-16-11/h3-6,8H,2,7,12H2,1H3,(H,13,14,16). The molecule has 1 heterocycles. The van der Waals surface area contributed by atoms with Crippen molar-refractivity contribution in [1.29, 1.82) is 0 Å². The van der Waals surface area contributed by atoms with Crippen LogP contribution in [0, 0.1) is 0 Å². The van der Waals surface area contributed by atoms with Gasteiger partial charge in [-0.3, -0.25) is 0 Å². The van der Waals surface area contributed by atoms with E-state index in [4.69, 9.17) is 5.73 Å². The van der Waals surface area contributed by atoms with Crippen molar-refractivity contribution in [1.82, 2.24) is 15.2 Å². The lowest BCUT2D eigenvalue weighted by atomic mass is 10.2. The first-order valence-corrected chi connectivity index (χ1v) is 5.39. The Morgan fingerprint density at radius 1 is 1.25 bits per heavy atom. The SMILES string of the molecule is CCC(CN)Nc1nnc2ccccc2n1. The summed E-state index contributed by atoms with van der Waals surface area (Å²) < 4.78 is 0. The minimum atomic E-state index is 0.197. The fraction of sp³-hybridized carbons (Fsp3) is 0.364. The molecule has 1 aromatic carbocycles.